The zero-order valence-electron chi connectivity index (χ0n) is 8.51. The molecule has 2 nitrogen and oxygen atoms in total. The summed E-state index contributed by atoms with van der Waals surface area (Å²) in [5.41, 5.74) is 0.207. The van der Waals surface area contributed by atoms with E-state index in [-0.39, 0.29) is 5.41 Å². The average Bonchev–Trinajstić information content (AvgIpc) is 2.38. The van der Waals surface area contributed by atoms with E-state index in [0.717, 1.165) is 0 Å². The van der Waals surface area contributed by atoms with Gasteiger partial charge in [0.1, 0.15) is 0 Å². The summed E-state index contributed by atoms with van der Waals surface area (Å²) in [5, 5.41) is 9.28. The van der Waals surface area contributed by atoms with Crippen LogP contribution in [-0.4, -0.2) is 35.7 Å². The molecule has 1 aliphatic rings. The highest BCUT2D eigenvalue weighted by molar-refractivity contribution is 4.84. The van der Waals surface area contributed by atoms with Crippen LogP contribution in [0.25, 0.3) is 0 Å². The van der Waals surface area contributed by atoms with Crippen molar-refractivity contribution in [1.29, 1.82) is 0 Å². The van der Waals surface area contributed by atoms with Crippen molar-refractivity contribution in [2.24, 2.45) is 5.41 Å². The van der Waals surface area contributed by atoms with Gasteiger partial charge in [-0.25, -0.2) is 0 Å². The summed E-state index contributed by atoms with van der Waals surface area (Å²) in [7, 11) is 0. The predicted octanol–water partition coefficient (Wildman–Crippen LogP) is 1.49. The smallest absolute Gasteiger partial charge is 0.0591 e. The Morgan fingerprint density at radius 3 is 2.08 bits per heavy atom. The Hall–Kier alpha value is -0.0800. The summed E-state index contributed by atoms with van der Waals surface area (Å²) >= 11 is 0. The van der Waals surface area contributed by atoms with Crippen LogP contribution in [0.5, 0.6) is 0 Å². The lowest BCUT2D eigenvalue weighted by molar-refractivity contribution is 0.0649. The van der Waals surface area contributed by atoms with Crippen LogP contribution in [0.15, 0.2) is 0 Å². The second-order valence-electron chi connectivity index (χ2n) is 4.81. The number of rotatable bonds is 2. The normalized spacial score (nSPS) is 23.0. The lowest BCUT2D eigenvalue weighted by atomic mass is 9.86. The number of likely N-dealkylation sites (tertiary alicyclic amines) is 1. The fraction of sp³-hybridized carbons (Fsp3) is 1.00. The van der Waals surface area contributed by atoms with Crippen LogP contribution in [-0.2, 0) is 0 Å². The molecule has 0 aromatic carbocycles. The molecule has 1 saturated heterocycles. The standard InChI is InChI=1S/C10H21NO/c1-10(2,3)9(8-12)11-6-4-5-7-11/h9,12H,4-8H2,1-3H3. The van der Waals surface area contributed by atoms with Crippen molar-refractivity contribution in [2.45, 2.75) is 39.7 Å². The molecular formula is C10H21NO. The van der Waals surface area contributed by atoms with Crippen LogP contribution in [0, 0.1) is 5.41 Å². The third-order valence-corrected chi connectivity index (χ3v) is 2.75. The van der Waals surface area contributed by atoms with Gasteiger partial charge in [0.2, 0.25) is 0 Å². The summed E-state index contributed by atoms with van der Waals surface area (Å²) < 4.78 is 0. The molecule has 0 aliphatic carbocycles. The highest BCUT2D eigenvalue weighted by Crippen LogP contribution is 2.26. The molecule has 1 fully saturated rings. The maximum Gasteiger partial charge on any atom is 0.0591 e. The van der Waals surface area contributed by atoms with Crippen LogP contribution in [0.2, 0.25) is 0 Å². The first-order valence-electron chi connectivity index (χ1n) is 4.90. The van der Waals surface area contributed by atoms with Crippen molar-refractivity contribution in [3.63, 3.8) is 0 Å². The maximum atomic E-state index is 9.28. The first-order chi connectivity index (χ1) is 5.55. The van der Waals surface area contributed by atoms with E-state index in [2.05, 4.69) is 25.7 Å². The molecular weight excluding hydrogens is 150 g/mol. The van der Waals surface area contributed by atoms with Crippen LogP contribution >= 0.6 is 0 Å². The van der Waals surface area contributed by atoms with Crippen LogP contribution in [0.4, 0.5) is 0 Å². The van der Waals surface area contributed by atoms with Gasteiger partial charge in [-0.3, -0.25) is 4.90 Å². The third kappa shape index (κ3) is 2.20. The predicted molar refractivity (Wildman–Crippen MR) is 51.1 cm³/mol. The Bertz CT molecular complexity index is 133. The average molecular weight is 171 g/mol. The third-order valence-electron chi connectivity index (χ3n) is 2.75. The van der Waals surface area contributed by atoms with E-state index in [1.807, 2.05) is 0 Å². The van der Waals surface area contributed by atoms with E-state index in [1.54, 1.807) is 0 Å². The lowest BCUT2D eigenvalue weighted by Crippen LogP contribution is -2.44. The van der Waals surface area contributed by atoms with Gasteiger partial charge in [0.15, 0.2) is 0 Å². The Labute approximate surface area is 75.6 Å². The Balaban J connectivity index is 2.54. The van der Waals surface area contributed by atoms with E-state index in [9.17, 15) is 5.11 Å². The van der Waals surface area contributed by atoms with E-state index in [1.165, 1.54) is 25.9 Å². The van der Waals surface area contributed by atoms with Gasteiger partial charge in [-0.15, -0.1) is 0 Å². The topological polar surface area (TPSA) is 23.5 Å². The number of hydrogen-bond acceptors (Lipinski definition) is 2. The van der Waals surface area contributed by atoms with Crippen molar-refractivity contribution in [3.8, 4) is 0 Å². The zero-order chi connectivity index (χ0) is 9.19. The first kappa shape index (κ1) is 10.0. The van der Waals surface area contributed by atoms with Gasteiger partial charge >= 0.3 is 0 Å². The highest BCUT2D eigenvalue weighted by atomic mass is 16.3. The van der Waals surface area contributed by atoms with Crippen molar-refractivity contribution in [1.82, 2.24) is 4.90 Å². The first-order valence-corrected chi connectivity index (χ1v) is 4.90. The fourth-order valence-electron chi connectivity index (χ4n) is 1.99. The minimum atomic E-state index is 0.207. The Morgan fingerprint density at radius 2 is 1.75 bits per heavy atom. The second-order valence-corrected chi connectivity index (χ2v) is 4.81. The van der Waals surface area contributed by atoms with Gasteiger partial charge in [0, 0.05) is 6.04 Å². The molecule has 12 heavy (non-hydrogen) atoms. The van der Waals surface area contributed by atoms with Gasteiger partial charge in [0.25, 0.3) is 0 Å². The van der Waals surface area contributed by atoms with Gasteiger partial charge in [-0.1, -0.05) is 20.8 Å². The monoisotopic (exact) mass is 171 g/mol. The molecule has 1 heterocycles. The second kappa shape index (κ2) is 3.75. The summed E-state index contributed by atoms with van der Waals surface area (Å²) in [5.74, 6) is 0. The van der Waals surface area contributed by atoms with E-state index in [4.69, 9.17) is 0 Å². The molecule has 0 amide bonds. The van der Waals surface area contributed by atoms with E-state index in [0.29, 0.717) is 12.6 Å². The van der Waals surface area contributed by atoms with Crippen molar-refractivity contribution in [3.05, 3.63) is 0 Å². The minimum absolute atomic E-state index is 0.207. The van der Waals surface area contributed by atoms with E-state index >= 15 is 0 Å². The van der Waals surface area contributed by atoms with E-state index < -0.39 is 0 Å². The molecule has 72 valence electrons. The van der Waals surface area contributed by atoms with Crippen LogP contribution in [0.1, 0.15) is 33.6 Å². The SMILES string of the molecule is CC(C)(C)C(CO)N1CCCC1. The highest BCUT2D eigenvalue weighted by Gasteiger charge is 2.30. The van der Waals surface area contributed by atoms with Crippen molar-refractivity contribution in [2.75, 3.05) is 19.7 Å². The number of hydrogen-bond donors (Lipinski definition) is 1. The lowest BCUT2D eigenvalue weighted by Gasteiger charge is -2.36. The van der Waals surface area contributed by atoms with Gasteiger partial charge in [0.05, 0.1) is 6.61 Å². The fourth-order valence-corrected chi connectivity index (χ4v) is 1.99. The molecule has 0 bridgehead atoms. The quantitative estimate of drug-likeness (QED) is 0.680. The molecule has 1 unspecified atom stereocenters. The molecule has 1 N–H and O–H groups in total. The number of aliphatic hydroxyl groups excluding tert-OH is 1. The van der Waals surface area contributed by atoms with Gasteiger partial charge in [-0.2, -0.15) is 0 Å². The van der Waals surface area contributed by atoms with Gasteiger partial charge < -0.3 is 5.11 Å². The number of nitrogens with zero attached hydrogens (tertiary/aromatic N) is 1. The zero-order valence-corrected chi connectivity index (χ0v) is 8.51. The van der Waals surface area contributed by atoms with Gasteiger partial charge in [-0.05, 0) is 31.3 Å². The molecule has 2 heteroatoms. The summed E-state index contributed by atoms with van der Waals surface area (Å²) in [4.78, 5) is 2.42. The molecule has 0 saturated carbocycles. The summed E-state index contributed by atoms with van der Waals surface area (Å²) in [6.07, 6.45) is 2.60. The van der Waals surface area contributed by atoms with Crippen molar-refractivity contribution < 1.29 is 5.11 Å². The Morgan fingerprint density at radius 1 is 1.25 bits per heavy atom. The molecule has 1 atom stereocenters. The molecule has 1 aliphatic heterocycles. The van der Waals surface area contributed by atoms with Crippen molar-refractivity contribution >= 4 is 0 Å². The number of aliphatic hydroxyl groups is 1. The van der Waals surface area contributed by atoms with Crippen LogP contribution in [0.3, 0.4) is 0 Å². The Kier molecular flexibility index (Phi) is 3.13. The molecule has 1 rings (SSSR count). The summed E-state index contributed by atoms with van der Waals surface area (Å²) in [6.45, 7) is 9.24. The summed E-state index contributed by atoms with van der Waals surface area (Å²) in [6, 6.07) is 0.347. The maximum absolute atomic E-state index is 9.28. The molecule has 0 aromatic heterocycles. The minimum Gasteiger partial charge on any atom is -0.395 e. The molecule has 0 aromatic rings. The molecule has 0 spiro atoms. The molecule has 0 radical (unpaired) electrons. The largest absolute Gasteiger partial charge is 0.395 e. The van der Waals surface area contributed by atoms with Crippen LogP contribution < -0.4 is 0 Å².